The number of H-pyrrole nitrogens is 1. The Kier molecular flexibility index (Phi) is 3.37. The molecule has 0 bridgehead atoms. The second-order valence-corrected chi connectivity index (χ2v) is 3.66. The van der Waals surface area contributed by atoms with Crippen molar-refractivity contribution in [3.8, 4) is 0 Å². The Bertz CT molecular complexity index is 693. The Balaban J connectivity index is 2.22. The molecule has 0 aliphatic rings. The lowest BCUT2D eigenvalue weighted by Gasteiger charge is -2.05. The number of carboxylic acids is 1. The zero-order valence-corrected chi connectivity index (χ0v) is 9.58. The van der Waals surface area contributed by atoms with E-state index >= 15 is 0 Å². The van der Waals surface area contributed by atoms with Gasteiger partial charge in [-0.3, -0.25) is 14.6 Å². The number of anilines is 1. The van der Waals surface area contributed by atoms with Crippen LogP contribution in [0.15, 0.2) is 41.6 Å². The first kappa shape index (κ1) is 12.5. The fourth-order valence-corrected chi connectivity index (χ4v) is 1.41. The molecule has 0 saturated carbocycles. The average Bonchev–Trinajstić information content (AvgIpc) is 2.39. The smallest absolute Gasteiger partial charge is 0.337 e. The fourth-order valence-electron chi connectivity index (χ4n) is 1.41. The number of carbonyl (C=O) groups is 2. The first-order valence-electron chi connectivity index (χ1n) is 5.25. The van der Waals surface area contributed by atoms with Gasteiger partial charge in [-0.05, 0) is 12.1 Å². The fraction of sp³-hybridized carbons (Fsp3) is 0. The summed E-state index contributed by atoms with van der Waals surface area (Å²) in [7, 11) is 0. The number of carboxylic acid groups (broad SMARTS) is 1. The lowest BCUT2D eigenvalue weighted by atomic mass is 10.2. The van der Waals surface area contributed by atoms with Gasteiger partial charge < -0.3 is 15.4 Å². The number of hydrogen-bond acceptors (Lipinski definition) is 4. The van der Waals surface area contributed by atoms with Gasteiger partial charge in [0.25, 0.3) is 5.91 Å². The summed E-state index contributed by atoms with van der Waals surface area (Å²) in [6, 6.07) is 3.86. The zero-order chi connectivity index (χ0) is 13.8. The number of nitrogens with zero attached hydrogens (tertiary/aromatic N) is 1. The third-order valence-electron chi connectivity index (χ3n) is 2.28. The van der Waals surface area contributed by atoms with E-state index in [0.717, 1.165) is 6.07 Å². The first-order valence-corrected chi connectivity index (χ1v) is 5.25. The molecule has 1 amide bonds. The van der Waals surface area contributed by atoms with Crippen molar-refractivity contribution in [3.63, 3.8) is 0 Å². The van der Waals surface area contributed by atoms with E-state index in [4.69, 9.17) is 5.11 Å². The topological polar surface area (TPSA) is 112 Å². The van der Waals surface area contributed by atoms with Crippen LogP contribution >= 0.6 is 0 Å². The largest absolute Gasteiger partial charge is 0.478 e. The molecule has 96 valence electrons. The molecule has 0 saturated heterocycles. The van der Waals surface area contributed by atoms with Crippen LogP contribution in [-0.2, 0) is 0 Å². The lowest BCUT2D eigenvalue weighted by molar-refractivity contribution is 0.0696. The minimum atomic E-state index is -1.14. The Hall–Kier alpha value is -2.96. The Morgan fingerprint density at radius 3 is 2.68 bits per heavy atom. The van der Waals surface area contributed by atoms with E-state index in [9.17, 15) is 14.4 Å². The molecule has 0 atom stereocenters. The SMILES string of the molecule is O=C(O)c1cncc(NC(=O)c2cc[nH]c(=O)c2)c1. The van der Waals surface area contributed by atoms with E-state index in [2.05, 4.69) is 15.3 Å². The number of aromatic amines is 1. The number of aromatic carboxylic acids is 1. The van der Waals surface area contributed by atoms with Gasteiger partial charge in [0.1, 0.15) is 0 Å². The van der Waals surface area contributed by atoms with Gasteiger partial charge in [-0.25, -0.2) is 4.79 Å². The van der Waals surface area contributed by atoms with Gasteiger partial charge in [0.2, 0.25) is 5.56 Å². The quantitative estimate of drug-likeness (QED) is 0.751. The molecule has 19 heavy (non-hydrogen) atoms. The molecule has 7 nitrogen and oxygen atoms in total. The molecule has 0 radical (unpaired) electrons. The predicted octanol–water partition coefficient (Wildman–Crippen LogP) is 0.720. The molecule has 0 aliphatic heterocycles. The van der Waals surface area contributed by atoms with Gasteiger partial charge in [0.05, 0.1) is 17.4 Å². The maximum Gasteiger partial charge on any atom is 0.337 e. The number of hydrogen-bond donors (Lipinski definition) is 3. The highest BCUT2D eigenvalue weighted by molar-refractivity contribution is 6.04. The minimum absolute atomic E-state index is 0.0382. The van der Waals surface area contributed by atoms with Gasteiger partial charge in [0, 0.05) is 24.0 Å². The van der Waals surface area contributed by atoms with Gasteiger partial charge in [-0.2, -0.15) is 0 Å². The molecule has 0 aromatic carbocycles. The molecule has 0 aliphatic carbocycles. The van der Waals surface area contributed by atoms with Crippen LogP contribution in [0.4, 0.5) is 5.69 Å². The van der Waals surface area contributed by atoms with Crippen molar-refractivity contribution < 1.29 is 14.7 Å². The van der Waals surface area contributed by atoms with Crippen LogP contribution in [0.1, 0.15) is 20.7 Å². The van der Waals surface area contributed by atoms with Crippen molar-refractivity contribution >= 4 is 17.6 Å². The van der Waals surface area contributed by atoms with Crippen LogP contribution in [0.2, 0.25) is 0 Å². The van der Waals surface area contributed by atoms with Crippen molar-refractivity contribution in [2.45, 2.75) is 0 Å². The number of rotatable bonds is 3. The summed E-state index contributed by atoms with van der Waals surface area (Å²) in [5.41, 5.74) is -0.0246. The maximum absolute atomic E-state index is 11.8. The second kappa shape index (κ2) is 5.13. The number of pyridine rings is 2. The standard InChI is InChI=1S/C12H9N3O4/c16-10-4-7(1-2-14-10)11(17)15-9-3-8(12(18)19)5-13-6-9/h1-6H,(H,14,16)(H,15,17)(H,18,19). The van der Waals surface area contributed by atoms with Crippen molar-refractivity contribution in [2.24, 2.45) is 0 Å². The van der Waals surface area contributed by atoms with Crippen LogP contribution in [-0.4, -0.2) is 27.0 Å². The lowest BCUT2D eigenvalue weighted by Crippen LogP contribution is -2.16. The molecule has 7 heteroatoms. The third kappa shape index (κ3) is 3.03. The van der Waals surface area contributed by atoms with Crippen molar-refractivity contribution in [1.29, 1.82) is 0 Å². The van der Waals surface area contributed by atoms with E-state index < -0.39 is 17.4 Å². The predicted molar refractivity (Wildman–Crippen MR) is 66.2 cm³/mol. The summed E-state index contributed by atoms with van der Waals surface area (Å²) in [4.78, 5) is 39.7. The molecule has 2 aromatic heterocycles. The monoisotopic (exact) mass is 259 g/mol. The third-order valence-corrected chi connectivity index (χ3v) is 2.28. The molecular formula is C12H9N3O4. The number of carbonyl (C=O) groups excluding carboxylic acids is 1. The molecule has 2 rings (SSSR count). The van der Waals surface area contributed by atoms with E-state index in [1.165, 1.54) is 30.7 Å². The summed E-state index contributed by atoms with van der Waals surface area (Å²) >= 11 is 0. The maximum atomic E-state index is 11.8. The first-order chi connectivity index (χ1) is 9.06. The van der Waals surface area contributed by atoms with Gasteiger partial charge in [-0.1, -0.05) is 0 Å². The normalized spacial score (nSPS) is 9.89. The number of amides is 1. The molecule has 0 spiro atoms. The van der Waals surface area contributed by atoms with E-state index in [1.807, 2.05) is 0 Å². The molecule has 0 fully saturated rings. The Morgan fingerprint density at radius 1 is 1.21 bits per heavy atom. The van der Waals surface area contributed by atoms with Gasteiger partial charge >= 0.3 is 5.97 Å². The van der Waals surface area contributed by atoms with E-state index in [1.54, 1.807) is 0 Å². The highest BCUT2D eigenvalue weighted by Gasteiger charge is 2.09. The van der Waals surface area contributed by atoms with Crippen LogP contribution in [0.25, 0.3) is 0 Å². The number of nitrogens with one attached hydrogen (secondary N) is 2. The molecule has 2 heterocycles. The summed E-state index contributed by atoms with van der Waals surface area (Å²) < 4.78 is 0. The second-order valence-electron chi connectivity index (χ2n) is 3.66. The molecule has 0 unspecified atom stereocenters. The Morgan fingerprint density at radius 2 is 2.00 bits per heavy atom. The van der Waals surface area contributed by atoms with Crippen molar-refractivity contribution in [3.05, 3.63) is 58.3 Å². The van der Waals surface area contributed by atoms with Crippen LogP contribution in [0.3, 0.4) is 0 Å². The molecular weight excluding hydrogens is 250 g/mol. The van der Waals surface area contributed by atoms with Crippen LogP contribution < -0.4 is 10.9 Å². The van der Waals surface area contributed by atoms with E-state index in [-0.39, 0.29) is 16.8 Å². The van der Waals surface area contributed by atoms with Crippen molar-refractivity contribution in [2.75, 3.05) is 5.32 Å². The highest BCUT2D eigenvalue weighted by Crippen LogP contribution is 2.09. The summed E-state index contributed by atoms with van der Waals surface area (Å²) in [5.74, 6) is -1.66. The zero-order valence-electron chi connectivity index (χ0n) is 9.58. The van der Waals surface area contributed by atoms with E-state index in [0.29, 0.717) is 0 Å². The summed E-state index contributed by atoms with van der Waals surface area (Å²) in [5, 5.41) is 11.3. The van der Waals surface area contributed by atoms with Crippen molar-refractivity contribution in [1.82, 2.24) is 9.97 Å². The summed E-state index contributed by atoms with van der Waals surface area (Å²) in [6.07, 6.45) is 3.84. The number of aromatic nitrogens is 2. The van der Waals surface area contributed by atoms with Crippen LogP contribution in [0.5, 0.6) is 0 Å². The van der Waals surface area contributed by atoms with Gasteiger partial charge in [-0.15, -0.1) is 0 Å². The summed E-state index contributed by atoms with van der Waals surface area (Å²) in [6.45, 7) is 0. The Labute approximate surface area is 106 Å². The molecule has 2 aromatic rings. The average molecular weight is 259 g/mol. The van der Waals surface area contributed by atoms with Gasteiger partial charge in [0.15, 0.2) is 0 Å². The highest BCUT2D eigenvalue weighted by atomic mass is 16.4. The molecule has 3 N–H and O–H groups in total. The minimum Gasteiger partial charge on any atom is -0.478 e. The van der Waals surface area contributed by atoms with Crippen LogP contribution in [0, 0.1) is 0 Å².